The number of benzene rings is 1. The van der Waals surface area contributed by atoms with Crippen LogP contribution in [0.2, 0.25) is 0 Å². The minimum absolute atomic E-state index is 0.149. The van der Waals surface area contributed by atoms with Gasteiger partial charge >= 0.3 is 0 Å². The first-order valence-electron chi connectivity index (χ1n) is 9.39. The highest BCUT2D eigenvalue weighted by Crippen LogP contribution is 2.25. The van der Waals surface area contributed by atoms with Gasteiger partial charge in [0.15, 0.2) is 6.61 Å². The van der Waals surface area contributed by atoms with E-state index in [1.807, 2.05) is 26.2 Å². The number of nitrogens with one attached hydrogen (secondary N) is 2. The van der Waals surface area contributed by atoms with Crippen LogP contribution in [-0.4, -0.2) is 28.9 Å². The predicted octanol–water partition coefficient (Wildman–Crippen LogP) is 3.95. The number of hydrogen-bond donors (Lipinski definition) is 2. The molecular weight excluding hydrogens is 374 g/mol. The van der Waals surface area contributed by atoms with E-state index in [-0.39, 0.29) is 30.0 Å². The van der Waals surface area contributed by atoms with Crippen molar-refractivity contribution in [2.24, 2.45) is 5.92 Å². The van der Waals surface area contributed by atoms with Crippen LogP contribution in [0.3, 0.4) is 0 Å². The maximum atomic E-state index is 12.9. The second kappa shape index (κ2) is 9.68. The fourth-order valence-corrected chi connectivity index (χ4v) is 3.42. The molecule has 0 radical (unpaired) electrons. The summed E-state index contributed by atoms with van der Waals surface area (Å²) in [5, 5.41) is 8.68. The van der Waals surface area contributed by atoms with Gasteiger partial charge in [-0.1, -0.05) is 26.0 Å². The molecular formula is C21H29N3O3S. The fourth-order valence-electron chi connectivity index (χ4n) is 2.71. The number of thiazole rings is 1. The first-order chi connectivity index (χ1) is 13.2. The second-order valence-electron chi connectivity index (χ2n) is 8.11. The standard InChI is InChI=1S/C21H29N3O3S/c1-14(2)12-16(20-22-10-11-28-20)23-19(26)15-8-6-7-9-17(15)27-13-18(25)24-21(3,4)5/h6-11,14,16H,12-13H2,1-5H3,(H,23,26)(H,24,25). The average Bonchev–Trinajstić information content (AvgIpc) is 3.12. The average molecular weight is 404 g/mol. The molecule has 1 aromatic carbocycles. The zero-order valence-electron chi connectivity index (χ0n) is 17.1. The molecule has 0 bridgehead atoms. The van der Waals surface area contributed by atoms with Crippen LogP contribution in [0.1, 0.15) is 62.4 Å². The van der Waals surface area contributed by atoms with Crippen molar-refractivity contribution in [3.05, 3.63) is 46.4 Å². The molecule has 28 heavy (non-hydrogen) atoms. The quantitative estimate of drug-likeness (QED) is 0.699. The van der Waals surface area contributed by atoms with Crippen molar-refractivity contribution in [2.45, 2.75) is 52.6 Å². The zero-order chi connectivity index (χ0) is 20.7. The number of para-hydroxylation sites is 1. The lowest BCUT2D eigenvalue weighted by atomic mass is 10.0. The Hall–Kier alpha value is -2.41. The molecule has 1 aromatic heterocycles. The van der Waals surface area contributed by atoms with Crippen molar-refractivity contribution >= 4 is 23.2 Å². The van der Waals surface area contributed by atoms with Crippen LogP contribution in [0.5, 0.6) is 5.75 Å². The highest BCUT2D eigenvalue weighted by Gasteiger charge is 2.22. The van der Waals surface area contributed by atoms with E-state index in [2.05, 4.69) is 29.5 Å². The van der Waals surface area contributed by atoms with Crippen LogP contribution < -0.4 is 15.4 Å². The Labute approximate surface area is 170 Å². The molecule has 0 aliphatic heterocycles. The number of amides is 2. The summed E-state index contributed by atoms with van der Waals surface area (Å²) in [6.45, 7) is 9.78. The third-order valence-corrected chi connectivity index (χ3v) is 4.66. The molecule has 2 rings (SSSR count). The molecule has 152 valence electrons. The van der Waals surface area contributed by atoms with E-state index in [4.69, 9.17) is 4.74 Å². The molecule has 0 spiro atoms. The summed E-state index contributed by atoms with van der Waals surface area (Å²) in [5.41, 5.74) is 0.0612. The van der Waals surface area contributed by atoms with Gasteiger partial charge in [0, 0.05) is 17.1 Å². The van der Waals surface area contributed by atoms with Crippen LogP contribution in [0.15, 0.2) is 35.8 Å². The second-order valence-corrected chi connectivity index (χ2v) is 9.04. The minimum Gasteiger partial charge on any atom is -0.483 e. The van der Waals surface area contributed by atoms with Crippen molar-refractivity contribution in [1.29, 1.82) is 0 Å². The van der Waals surface area contributed by atoms with Crippen LogP contribution >= 0.6 is 11.3 Å². The summed E-state index contributed by atoms with van der Waals surface area (Å²) in [6, 6.07) is 6.78. The summed E-state index contributed by atoms with van der Waals surface area (Å²) in [5.74, 6) is 0.309. The smallest absolute Gasteiger partial charge is 0.258 e. The number of hydrogen-bond acceptors (Lipinski definition) is 5. The van der Waals surface area contributed by atoms with E-state index in [0.29, 0.717) is 17.2 Å². The fraction of sp³-hybridized carbons (Fsp3) is 0.476. The van der Waals surface area contributed by atoms with Crippen LogP contribution in [0.25, 0.3) is 0 Å². The molecule has 0 saturated carbocycles. The Bertz CT molecular complexity index is 782. The van der Waals surface area contributed by atoms with E-state index >= 15 is 0 Å². The molecule has 0 fully saturated rings. The van der Waals surface area contributed by atoms with Gasteiger partial charge < -0.3 is 15.4 Å². The van der Waals surface area contributed by atoms with Crippen LogP contribution in [0, 0.1) is 5.92 Å². The third kappa shape index (κ3) is 6.96. The Kier molecular flexibility index (Phi) is 7.57. The molecule has 0 saturated heterocycles. The topological polar surface area (TPSA) is 80.3 Å². The SMILES string of the molecule is CC(C)CC(NC(=O)c1ccccc1OCC(=O)NC(C)(C)C)c1nccs1. The van der Waals surface area contributed by atoms with E-state index in [1.165, 1.54) is 11.3 Å². The molecule has 6 nitrogen and oxygen atoms in total. The number of carbonyl (C=O) groups excluding carboxylic acids is 2. The molecule has 1 atom stereocenters. The van der Waals surface area contributed by atoms with Gasteiger partial charge in [-0.2, -0.15) is 0 Å². The van der Waals surface area contributed by atoms with Gasteiger partial charge in [0.25, 0.3) is 11.8 Å². The molecule has 0 aliphatic rings. The first kappa shape index (κ1) is 21.9. The van der Waals surface area contributed by atoms with Crippen molar-refractivity contribution in [1.82, 2.24) is 15.6 Å². The monoisotopic (exact) mass is 403 g/mol. The molecule has 1 heterocycles. The van der Waals surface area contributed by atoms with Gasteiger partial charge in [-0.15, -0.1) is 11.3 Å². The lowest BCUT2D eigenvalue weighted by molar-refractivity contribution is -0.124. The molecule has 0 aliphatic carbocycles. The number of ether oxygens (including phenoxy) is 1. The minimum atomic E-state index is -0.338. The van der Waals surface area contributed by atoms with Crippen molar-refractivity contribution in [2.75, 3.05) is 6.61 Å². The molecule has 2 amide bonds. The summed E-state index contributed by atoms with van der Waals surface area (Å²) in [6.07, 6.45) is 2.53. The predicted molar refractivity (Wildman–Crippen MR) is 112 cm³/mol. The van der Waals surface area contributed by atoms with Gasteiger partial charge in [-0.05, 0) is 45.2 Å². The van der Waals surface area contributed by atoms with E-state index in [9.17, 15) is 9.59 Å². The normalized spacial score (nSPS) is 12.5. The molecule has 2 N–H and O–H groups in total. The van der Waals surface area contributed by atoms with Crippen molar-refractivity contribution in [3.8, 4) is 5.75 Å². The van der Waals surface area contributed by atoms with E-state index in [0.717, 1.165) is 11.4 Å². The van der Waals surface area contributed by atoms with Gasteiger partial charge in [0.1, 0.15) is 10.8 Å². The summed E-state index contributed by atoms with van der Waals surface area (Å²) >= 11 is 1.52. The summed E-state index contributed by atoms with van der Waals surface area (Å²) < 4.78 is 5.63. The largest absolute Gasteiger partial charge is 0.483 e. The maximum absolute atomic E-state index is 12.9. The van der Waals surface area contributed by atoms with Gasteiger partial charge in [0.2, 0.25) is 0 Å². The van der Waals surface area contributed by atoms with E-state index in [1.54, 1.807) is 30.5 Å². The van der Waals surface area contributed by atoms with Crippen molar-refractivity contribution in [3.63, 3.8) is 0 Å². The summed E-state index contributed by atoms with van der Waals surface area (Å²) in [7, 11) is 0. The molecule has 1 unspecified atom stereocenters. The van der Waals surface area contributed by atoms with Gasteiger partial charge in [0.05, 0.1) is 11.6 Å². The number of carbonyl (C=O) groups is 2. The highest BCUT2D eigenvalue weighted by atomic mass is 32.1. The Balaban J connectivity index is 2.09. The Morgan fingerprint density at radius 3 is 2.54 bits per heavy atom. The number of rotatable bonds is 8. The van der Waals surface area contributed by atoms with E-state index < -0.39 is 0 Å². The number of aromatic nitrogens is 1. The lowest BCUT2D eigenvalue weighted by Crippen LogP contribution is -2.43. The van der Waals surface area contributed by atoms with Crippen LogP contribution in [-0.2, 0) is 4.79 Å². The summed E-state index contributed by atoms with van der Waals surface area (Å²) in [4.78, 5) is 29.3. The maximum Gasteiger partial charge on any atom is 0.258 e. The van der Waals surface area contributed by atoms with Crippen LogP contribution in [0.4, 0.5) is 0 Å². The molecule has 2 aromatic rings. The Morgan fingerprint density at radius 2 is 1.93 bits per heavy atom. The zero-order valence-corrected chi connectivity index (χ0v) is 17.9. The first-order valence-corrected chi connectivity index (χ1v) is 10.3. The highest BCUT2D eigenvalue weighted by molar-refractivity contribution is 7.09. The molecule has 7 heteroatoms. The lowest BCUT2D eigenvalue weighted by Gasteiger charge is -2.21. The van der Waals surface area contributed by atoms with Crippen molar-refractivity contribution < 1.29 is 14.3 Å². The number of nitrogens with zero attached hydrogens (tertiary/aromatic N) is 1. The third-order valence-electron chi connectivity index (χ3n) is 3.77. The Morgan fingerprint density at radius 1 is 1.21 bits per heavy atom. The van der Waals surface area contributed by atoms with Gasteiger partial charge in [-0.3, -0.25) is 9.59 Å². The van der Waals surface area contributed by atoms with Gasteiger partial charge in [-0.25, -0.2) is 4.98 Å².